The average molecular weight is 456 g/mol. The number of methoxy groups -OCH3 is 1. The molecule has 2 heterocycles. The summed E-state index contributed by atoms with van der Waals surface area (Å²) in [6, 6.07) is 14.2. The van der Waals surface area contributed by atoms with Gasteiger partial charge in [-0.25, -0.2) is 4.68 Å². The van der Waals surface area contributed by atoms with Gasteiger partial charge in [-0.3, -0.25) is 9.59 Å². The molecule has 0 amide bonds. The van der Waals surface area contributed by atoms with Crippen molar-refractivity contribution in [3.8, 4) is 11.4 Å². The number of halogens is 1. The molecular formula is C23H22ClN3O5. The van der Waals surface area contributed by atoms with Crippen molar-refractivity contribution in [3.63, 3.8) is 0 Å². The maximum atomic E-state index is 13.2. The van der Waals surface area contributed by atoms with Crippen molar-refractivity contribution < 1.29 is 23.8 Å². The van der Waals surface area contributed by atoms with Crippen LogP contribution in [0.1, 0.15) is 25.1 Å². The van der Waals surface area contributed by atoms with E-state index >= 15 is 0 Å². The lowest BCUT2D eigenvalue weighted by atomic mass is 9.77. The summed E-state index contributed by atoms with van der Waals surface area (Å²) in [4.78, 5) is 26.3. The molecule has 0 unspecified atom stereocenters. The lowest BCUT2D eigenvalue weighted by molar-refractivity contribution is -0.251. The summed E-state index contributed by atoms with van der Waals surface area (Å²) >= 11 is 5.95. The SMILES string of the molecule is COc1ccc(CC2(Cc3cn(-c4ccc(Cl)cc4)nn3)C(=O)OC(C)(C)OC2=O)cc1. The maximum Gasteiger partial charge on any atom is 0.327 e. The van der Waals surface area contributed by atoms with Crippen LogP contribution in [0.4, 0.5) is 0 Å². The van der Waals surface area contributed by atoms with Crippen LogP contribution in [-0.2, 0) is 31.9 Å². The molecule has 9 heteroatoms. The molecule has 1 aromatic heterocycles. The standard InChI is InChI=1S/C23H22ClN3O5/c1-22(2)31-20(28)23(21(29)32-22,12-15-4-10-19(30-3)11-5-15)13-17-14-27(26-25-17)18-8-6-16(24)7-9-18/h4-11,14H,12-13H2,1-3H3. The molecule has 1 fully saturated rings. The second-order valence-electron chi connectivity index (χ2n) is 8.09. The zero-order valence-corrected chi connectivity index (χ0v) is 18.6. The number of hydrogen-bond acceptors (Lipinski definition) is 7. The van der Waals surface area contributed by atoms with E-state index in [2.05, 4.69) is 10.3 Å². The van der Waals surface area contributed by atoms with Crippen molar-refractivity contribution in [3.05, 3.63) is 71.0 Å². The van der Waals surface area contributed by atoms with Crippen molar-refractivity contribution in [2.24, 2.45) is 5.41 Å². The van der Waals surface area contributed by atoms with Crippen LogP contribution in [0.5, 0.6) is 5.75 Å². The van der Waals surface area contributed by atoms with Crippen LogP contribution >= 0.6 is 11.6 Å². The van der Waals surface area contributed by atoms with Crippen LogP contribution in [0.15, 0.2) is 54.7 Å². The van der Waals surface area contributed by atoms with Crippen LogP contribution in [0.25, 0.3) is 5.69 Å². The first-order valence-corrected chi connectivity index (χ1v) is 10.4. The summed E-state index contributed by atoms with van der Waals surface area (Å²) in [7, 11) is 1.57. The van der Waals surface area contributed by atoms with E-state index in [1.807, 2.05) is 0 Å². The van der Waals surface area contributed by atoms with E-state index in [0.29, 0.717) is 16.5 Å². The Morgan fingerprint density at radius 3 is 2.19 bits per heavy atom. The number of rotatable bonds is 6. The molecule has 0 spiro atoms. The first-order chi connectivity index (χ1) is 15.2. The molecule has 0 aliphatic carbocycles. The van der Waals surface area contributed by atoms with Gasteiger partial charge in [-0.1, -0.05) is 28.9 Å². The van der Waals surface area contributed by atoms with Crippen LogP contribution in [-0.4, -0.2) is 39.8 Å². The Balaban J connectivity index is 1.67. The molecule has 8 nitrogen and oxygen atoms in total. The normalized spacial score (nSPS) is 16.9. The number of esters is 2. The van der Waals surface area contributed by atoms with Gasteiger partial charge in [0.15, 0.2) is 5.41 Å². The fourth-order valence-corrected chi connectivity index (χ4v) is 3.72. The van der Waals surface area contributed by atoms with Gasteiger partial charge >= 0.3 is 11.9 Å². The first kappa shape index (κ1) is 21.8. The molecule has 2 aromatic carbocycles. The van der Waals surface area contributed by atoms with E-state index in [4.69, 9.17) is 25.8 Å². The topological polar surface area (TPSA) is 92.5 Å². The summed E-state index contributed by atoms with van der Waals surface area (Å²) in [6.45, 7) is 3.05. The number of benzene rings is 2. The monoisotopic (exact) mass is 455 g/mol. The minimum atomic E-state index is -1.59. The van der Waals surface area contributed by atoms with Crippen LogP contribution in [0, 0.1) is 5.41 Å². The van der Waals surface area contributed by atoms with Crippen molar-refractivity contribution >= 4 is 23.5 Å². The fourth-order valence-electron chi connectivity index (χ4n) is 3.60. The van der Waals surface area contributed by atoms with Gasteiger partial charge in [-0.2, -0.15) is 0 Å². The molecule has 0 atom stereocenters. The number of carbonyl (C=O) groups excluding carboxylic acids is 2. The largest absolute Gasteiger partial charge is 0.497 e. The Morgan fingerprint density at radius 2 is 1.59 bits per heavy atom. The van der Waals surface area contributed by atoms with Gasteiger partial charge in [0.05, 0.1) is 24.7 Å². The molecule has 32 heavy (non-hydrogen) atoms. The summed E-state index contributed by atoms with van der Waals surface area (Å²) in [6.07, 6.45) is 1.72. The average Bonchev–Trinajstić information content (AvgIpc) is 3.21. The second kappa shape index (κ2) is 8.27. The Labute approximate surface area is 190 Å². The zero-order valence-electron chi connectivity index (χ0n) is 17.9. The predicted molar refractivity (Wildman–Crippen MR) is 115 cm³/mol. The van der Waals surface area contributed by atoms with Gasteiger partial charge in [-0.05, 0) is 48.4 Å². The molecule has 3 aromatic rings. The minimum absolute atomic E-state index is 0.0274. The number of aromatic nitrogens is 3. The highest BCUT2D eigenvalue weighted by atomic mass is 35.5. The Kier molecular flexibility index (Phi) is 5.64. The van der Waals surface area contributed by atoms with E-state index in [9.17, 15) is 9.59 Å². The van der Waals surface area contributed by atoms with E-state index in [1.165, 1.54) is 13.8 Å². The quantitative estimate of drug-likeness (QED) is 0.414. The van der Waals surface area contributed by atoms with Gasteiger partial charge < -0.3 is 14.2 Å². The summed E-state index contributed by atoms with van der Waals surface area (Å²) in [5.74, 6) is -1.98. The van der Waals surface area contributed by atoms with Crippen molar-refractivity contribution in [2.75, 3.05) is 7.11 Å². The summed E-state index contributed by atoms with van der Waals surface area (Å²) < 4.78 is 17.7. The van der Waals surface area contributed by atoms with E-state index in [1.54, 1.807) is 66.5 Å². The van der Waals surface area contributed by atoms with Gasteiger partial charge in [0.1, 0.15) is 5.75 Å². The number of cyclic esters (lactones) is 2. The molecule has 1 aliphatic rings. The van der Waals surface area contributed by atoms with Crippen molar-refractivity contribution in [2.45, 2.75) is 32.5 Å². The third-order valence-corrected chi connectivity index (χ3v) is 5.49. The highest BCUT2D eigenvalue weighted by Gasteiger charge is 2.56. The summed E-state index contributed by atoms with van der Waals surface area (Å²) in [5.41, 5.74) is 0.351. The van der Waals surface area contributed by atoms with Crippen LogP contribution in [0.3, 0.4) is 0 Å². The second-order valence-corrected chi connectivity index (χ2v) is 8.53. The molecule has 4 rings (SSSR count). The molecule has 1 saturated heterocycles. The van der Waals surface area contributed by atoms with E-state index < -0.39 is 23.1 Å². The number of hydrogen-bond donors (Lipinski definition) is 0. The Morgan fingerprint density at radius 1 is 0.969 bits per heavy atom. The molecule has 0 radical (unpaired) electrons. The Bertz CT molecular complexity index is 1120. The molecule has 0 saturated carbocycles. The molecule has 166 valence electrons. The molecular weight excluding hydrogens is 434 g/mol. The lowest BCUT2D eigenvalue weighted by Gasteiger charge is -2.40. The number of ether oxygens (including phenoxy) is 3. The Hall–Kier alpha value is -3.39. The fraction of sp³-hybridized carbons (Fsp3) is 0.304. The molecule has 0 bridgehead atoms. The predicted octanol–water partition coefficient (Wildman–Crippen LogP) is 3.54. The van der Waals surface area contributed by atoms with Gasteiger partial charge in [0.2, 0.25) is 0 Å². The van der Waals surface area contributed by atoms with E-state index in [0.717, 1.165) is 11.3 Å². The minimum Gasteiger partial charge on any atom is -0.497 e. The van der Waals surface area contributed by atoms with E-state index in [-0.39, 0.29) is 12.8 Å². The summed E-state index contributed by atoms with van der Waals surface area (Å²) in [5, 5.41) is 8.90. The third-order valence-electron chi connectivity index (χ3n) is 5.24. The number of nitrogens with zero attached hydrogens (tertiary/aromatic N) is 3. The molecule has 1 aliphatic heterocycles. The maximum absolute atomic E-state index is 13.2. The van der Waals surface area contributed by atoms with Crippen molar-refractivity contribution in [1.82, 2.24) is 15.0 Å². The smallest absolute Gasteiger partial charge is 0.327 e. The highest BCUT2D eigenvalue weighted by Crippen LogP contribution is 2.38. The first-order valence-electron chi connectivity index (χ1n) is 9.98. The van der Waals surface area contributed by atoms with Gasteiger partial charge in [-0.15, -0.1) is 5.10 Å². The van der Waals surface area contributed by atoms with Crippen molar-refractivity contribution in [1.29, 1.82) is 0 Å². The highest BCUT2D eigenvalue weighted by molar-refractivity contribution is 6.30. The third kappa shape index (κ3) is 4.31. The molecule has 0 N–H and O–H groups in total. The lowest BCUT2D eigenvalue weighted by Crippen LogP contribution is -2.56. The zero-order chi connectivity index (χ0) is 22.9. The number of carbonyl (C=O) groups is 2. The van der Waals surface area contributed by atoms with Crippen LogP contribution < -0.4 is 4.74 Å². The van der Waals surface area contributed by atoms with Crippen LogP contribution in [0.2, 0.25) is 5.02 Å². The van der Waals surface area contributed by atoms with Gasteiger partial charge in [0, 0.05) is 25.3 Å². The van der Waals surface area contributed by atoms with Gasteiger partial charge in [0.25, 0.3) is 5.79 Å².